The third-order valence-corrected chi connectivity index (χ3v) is 2.97. The van der Waals surface area contributed by atoms with E-state index in [-0.39, 0.29) is 0 Å². The van der Waals surface area contributed by atoms with Crippen molar-refractivity contribution in [2.75, 3.05) is 39.5 Å². The van der Waals surface area contributed by atoms with Gasteiger partial charge in [-0.15, -0.1) is 0 Å². The number of hydrogen-bond donors (Lipinski definition) is 0. The van der Waals surface area contributed by atoms with Gasteiger partial charge in [-0.05, 0) is 24.6 Å². The molecule has 3 nitrogen and oxygen atoms in total. The zero-order valence-electron chi connectivity index (χ0n) is 11.0. The Morgan fingerprint density at radius 2 is 2.11 bits per heavy atom. The monoisotopic (exact) mass is 247 g/mol. The lowest BCUT2D eigenvalue weighted by Gasteiger charge is -2.25. The highest BCUT2D eigenvalue weighted by Crippen LogP contribution is 2.11. The van der Waals surface area contributed by atoms with Crippen molar-refractivity contribution in [1.82, 2.24) is 4.90 Å². The first kappa shape index (κ1) is 13.1. The highest BCUT2D eigenvalue weighted by molar-refractivity contribution is 5.27. The van der Waals surface area contributed by atoms with Gasteiger partial charge in [-0.2, -0.15) is 0 Å². The maximum absolute atomic E-state index is 5.65. The van der Waals surface area contributed by atoms with E-state index in [9.17, 15) is 0 Å². The Morgan fingerprint density at radius 3 is 2.89 bits per heavy atom. The number of morpholine rings is 1. The molecule has 0 saturated carbocycles. The number of hydrogen-bond acceptors (Lipinski definition) is 3. The molecular weight excluding hydrogens is 226 g/mol. The minimum Gasteiger partial charge on any atom is -0.490 e. The van der Waals surface area contributed by atoms with Crippen LogP contribution in [0.15, 0.2) is 36.4 Å². The number of rotatable bonds is 5. The fourth-order valence-electron chi connectivity index (χ4n) is 1.92. The van der Waals surface area contributed by atoms with Crippen LogP contribution in [0, 0.1) is 6.92 Å². The second kappa shape index (κ2) is 7.19. The van der Waals surface area contributed by atoms with Gasteiger partial charge in [-0.25, -0.2) is 0 Å². The van der Waals surface area contributed by atoms with Crippen LogP contribution in [0.25, 0.3) is 0 Å². The first-order chi connectivity index (χ1) is 8.84. The van der Waals surface area contributed by atoms with E-state index in [1.54, 1.807) is 0 Å². The van der Waals surface area contributed by atoms with E-state index < -0.39 is 0 Å². The van der Waals surface area contributed by atoms with Crippen molar-refractivity contribution in [3.63, 3.8) is 0 Å². The van der Waals surface area contributed by atoms with Crippen molar-refractivity contribution in [3.8, 4) is 5.75 Å². The molecule has 1 aromatic rings. The molecule has 0 aliphatic carbocycles. The van der Waals surface area contributed by atoms with E-state index in [1.165, 1.54) is 5.56 Å². The molecule has 1 fully saturated rings. The average molecular weight is 247 g/mol. The number of benzene rings is 1. The van der Waals surface area contributed by atoms with E-state index in [2.05, 4.69) is 36.1 Å². The van der Waals surface area contributed by atoms with Gasteiger partial charge in [0.2, 0.25) is 0 Å². The molecule has 1 aliphatic heterocycles. The molecule has 0 spiro atoms. The first-order valence-electron chi connectivity index (χ1n) is 6.49. The first-order valence-corrected chi connectivity index (χ1v) is 6.49. The molecular formula is C15H21NO2. The van der Waals surface area contributed by atoms with Crippen molar-refractivity contribution in [1.29, 1.82) is 0 Å². The van der Waals surface area contributed by atoms with Gasteiger partial charge in [-0.1, -0.05) is 24.3 Å². The zero-order valence-corrected chi connectivity index (χ0v) is 11.0. The molecule has 0 amide bonds. The van der Waals surface area contributed by atoms with Crippen molar-refractivity contribution >= 4 is 0 Å². The van der Waals surface area contributed by atoms with Gasteiger partial charge in [-0.3, -0.25) is 4.90 Å². The molecule has 18 heavy (non-hydrogen) atoms. The van der Waals surface area contributed by atoms with Crippen LogP contribution in [0.3, 0.4) is 0 Å². The summed E-state index contributed by atoms with van der Waals surface area (Å²) < 4.78 is 11.0. The van der Waals surface area contributed by atoms with Crippen molar-refractivity contribution < 1.29 is 9.47 Å². The Kier molecular flexibility index (Phi) is 5.24. The molecule has 98 valence electrons. The lowest BCUT2D eigenvalue weighted by molar-refractivity contribution is 0.0434. The van der Waals surface area contributed by atoms with Crippen LogP contribution in [0.1, 0.15) is 5.56 Å². The predicted molar refractivity (Wildman–Crippen MR) is 73.1 cm³/mol. The summed E-state index contributed by atoms with van der Waals surface area (Å²) in [6.07, 6.45) is 4.25. The highest BCUT2D eigenvalue weighted by Gasteiger charge is 2.07. The Morgan fingerprint density at radius 1 is 1.28 bits per heavy atom. The van der Waals surface area contributed by atoms with Gasteiger partial charge in [0.25, 0.3) is 0 Å². The second-order valence-electron chi connectivity index (χ2n) is 4.51. The smallest absolute Gasteiger partial charge is 0.120 e. The van der Waals surface area contributed by atoms with Gasteiger partial charge in [0.1, 0.15) is 12.4 Å². The van der Waals surface area contributed by atoms with Gasteiger partial charge in [0, 0.05) is 19.6 Å². The van der Waals surface area contributed by atoms with Crippen LogP contribution in [0.5, 0.6) is 5.75 Å². The van der Waals surface area contributed by atoms with Gasteiger partial charge in [0.05, 0.1) is 13.2 Å². The summed E-state index contributed by atoms with van der Waals surface area (Å²) in [7, 11) is 0. The summed E-state index contributed by atoms with van der Waals surface area (Å²) in [6.45, 7) is 7.46. The molecule has 0 bridgehead atoms. The Bertz CT molecular complexity index is 384. The molecule has 1 heterocycles. The summed E-state index contributed by atoms with van der Waals surface area (Å²) in [6, 6.07) is 8.13. The van der Waals surface area contributed by atoms with Crippen LogP contribution in [0.4, 0.5) is 0 Å². The van der Waals surface area contributed by atoms with Crippen LogP contribution in [0.2, 0.25) is 0 Å². The van der Waals surface area contributed by atoms with Gasteiger partial charge in [0.15, 0.2) is 0 Å². The fourth-order valence-corrected chi connectivity index (χ4v) is 1.92. The summed E-state index contributed by atoms with van der Waals surface area (Å²) >= 11 is 0. The van der Waals surface area contributed by atoms with E-state index in [0.717, 1.165) is 38.6 Å². The molecule has 0 radical (unpaired) electrons. The fraction of sp³-hybridized carbons (Fsp3) is 0.467. The third kappa shape index (κ3) is 4.51. The van der Waals surface area contributed by atoms with E-state index in [1.807, 2.05) is 12.1 Å². The maximum Gasteiger partial charge on any atom is 0.120 e. The Labute approximate surface area is 109 Å². The SMILES string of the molecule is Cc1cccc(OC/C=C/CN2CCOCC2)c1. The molecule has 1 aromatic carbocycles. The number of aryl methyl sites for hydroxylation is 1. The molecule has 0 unspecified atom stereocenters. The number of nitrogens with zero attached hydrogens (tertiary/aromatic N) is 1. The van der Waals surface area contributed by atoms with Crippen molar-refractivity contribution in [3.05, 3.63) is 42.0 Å². The molecule has 3 heteroatoms. The molecule has 0 atom stereocenters. The normalized spacial score (nSPS) is 17.2. The largest absolute Gasteiger partial charge is 0.490 e. The lowest BCUT2D eigenvalue weighted by atomic mass is 10.2. The average Bonchev–Trinajstić information content (AvgIpc) is 2.40. The van der Waals surface area contributed by atoms with Crippen molar-refractivity contribution in [2.45, 2.75) is 6.92 Å². The highest BCUT2D eigenvalue weighted by atomic mass is 16.5. The van der Waals surface area contributed by atoms with Gasteiger partial charge >= 0.3 is 0 Å². The minimum absolute atomic E-state index is 0.633. The molecule has 0 aromatic heterocycles. The van der Waals surface area contributed by atoms with Crippen LogP contribution < -0.4 is 4.74 Å². The van der Waals surface area contributed by atoms with Crippen molar-refractivity contribution in [2.24, 2.45) is 0 Å². The minimum atomic E-state index is 0.633. The summed E-state index contributed by atoms with van der Waals surface area (Å²) in [5, 5.41) is 0. The molecule has 0 N–H and O–H groups in total. The Balaban J connectivity index is 1.65. The summed E-state index contributed by atoms with van der Waals surface area (Å²) in [4.78, 5) is 2.38. The maximum atomic E-state index is 5.65. The predicted octanol–water partition coefficient (Wildman–Crippen LogP) is 2.26. The molecule has 2 rings (SSSR count). The zero-order chi connectivity index (χ0) is 12.6. The summed E-state index contributed by atoms with van der Waals surface area (Å²) in [5.74, 6) is 0.936. The third-order valence-electron chi connectivity index (χ3n) is 2.97. The van der Waals surface area contributed by atoms with E-state index >= 15 is 0 Å². The molecule has 1 saturated heterocycles. The topological polar surface area (TPSA) is 21.7 Å². The quantitative estimate of drug-likeness (QED) is 0.745. The second-order valence-corrected chi connectivity index (χ2v) is 4.51. The van der Waals surface area contributed by atoms with E-state index in [0.29, 0.717) is 6.61 Å². The van der Waals surface area contributed by atoms with Crippen LogP contribution >= 0.6 is 0 Å². The Hall–Kier alpha value is -1.32. The van der Waals surface area contributed by atoms with Crippen LogP contribution in [-0.4, -0.2) is 44.4 Å². The van der Waals surface area contributed by atoms with E-state index in [4.69, 9.17) is 9.47 Å². The lowest BCUT2D eigenvalue weighted by Crippen LogP contribution is -2.36. The standard InChI is InChI=1S/C15H21NO2/c1-14-5-4-6-15(13-14)18-10-3-2-7-16-8-11-17-12-9-16/h2-6,13H,7-12H2,1H3/b3-2+. The summed E-state index contributed by atoms with van der Waals surface area (Å²) in [5.41, 5.74) is 1.23. The number of ether oxygens (including phenoxy) is 2. The van der Waals surface area contributed by atoms with Crippen LogP contribution in [-0.2, 0) is 4.74 Å². The van der Waals surface area contributed by atoms with Gasteiger partial charge < -0.3 is 9.47 Å². The molecule has 1 aliphatic rings.